The Bertz CT molecular complexity index is 669. The van der Waals surface area contributed by atoms with Gasteiger partial charge in [0.2, 0.25) is 5.91 Å². The number of carboxylic acids is 1. The average molecular weight is 378 g/mol. The van der Waals surface area contributed by atoms with Crippen molar-refractivity contribution in [2.24, 2.45) is 0 Å². The summed E-state index contributed by atoms with van der Waals surface area (Å²) in [5, 5.41) is 10.1. The van der Waals surface area contributed by atoms with Gasteiger partial charge in [-0.3, -0.25) is 4.79 Å². The maximum absolute atomic E-state index is 12.5. The van der Waals surface area contributed by atoms with Crippen molar-refractivity contribution < 1.29 is 23.1 Å². The van der Waals surface area contributed by atoms with Crippen molar-refractivity contribution in [2.75, 3.05) is 0 Å². The Hall–Kier alpha value is -1.41. The average Bonchev–Trinajstić information content (AvgIpc) is 2.36. The smallest absolute Gasteiger partial charge is 0.335 e. The molecule has 6 nitrogen and oxygen atoms in total. The van der Waals surface area contributed by atoms with E-state index in [2.05, 4.69) is 21.2 Å². The lowest BCUT2D eigenvalue weighted by atomic mass is 10.2. The third kappa shape index (κ3) is 4.04. The number of halogens is 1. The number of aromatic carboxylic acids is 1. The molecule has 0 aromatic heterocycles. The van der Waals surface area contributed by atoms with Gasteiger partial charge in [-0.05, 0) is 54.9 Å². The van der Waals surface area contributed by atoms with Crippen LogP contribution in [0.3, 0.4) is 0 Å². The van der Waals surface area contributed by atoms with Crippen molar-refractivity contribution in [3.8, 4) is 0 Å². The van der Waals surface area contributed by atoms with Crippen molar-refractivity contribution >= 4 is 37.6 Å². The molecule has 21 heavy (non-hydrogen) atoms. The number of hydrogen-bond donors (Lipinski definition) is 2. The predicted octanol–water partition coefficient (Wildman–Crippen LogP) is 1.83. The summed E-state index contributed by atoms with van der Waals surface area (Å²) in [6, 6.07) is 3.47. The minimum absolute atomic E-state index is 0.159. The van der Waals surface area contributed by atoms with E-state index in [0.717, 1.165) is 6.07 Å². The van der Waals surface area contributed by atoms with Crippen molar-refractivity contribution in [1.29, 1.82) is 0 Å². The first-order valence-electron chi connectivity index (χ1n) is 6.14. The molecule has 0 radical (unpaired) electrons. The van der Waals surface area contributed by atoms with Crippen molar-refractivity contribution in [3.63, 3.8) is 0 Å². The van der Waals surface area contributed by atoms with Gasteiger partial charge < -0.3 is 10.4 Å². The second-order valence-electron chi connectivity index (χ2n) is 4.80. The normalized spacial score (nSPS) is 13.0. The standard InChI is InChI=1S/C13H16BrNO5S/c1-7(2)15-12(16)8(3)21(19,20)11-6-9(13(17)18)4-5-10(11)14/h4-8H,1-3H3,(H,15,16)(H,17,18). The highest BCUT2D eigenvalue weighted by Gasteiger charge is 2.32. The van der Waals surface area contributed by atoms with Gasteiger partial charge in [0, 0.05) is 10.5 Å². The van der Waals surface area contributed by atoms with Gasteiger partial charge in [-0.1, -0.05) is 0 Å². The van der Waals surface area contributed by atoms with Gasteiger partial charge in [0.25, 0.3) is 0 Å². The number of carboxylic acid groups (broad SMARTS) is 1. The molecule has 0 aliphatic heterocycles. The van der Waals surface area contributed by atoms with Gasteiger partial charge in [0.1, 0.15) is 5.25 Å². The Morgan fingerprint density at radius 3 is 2.29 bits per heavy atom. The zero-order valence-corrected chi connectivity index (χ0v) is 14.2. The fourth-order valence-corrected chi connectivity index (χ4v) is 3.87. The molecule has 8 heteroatoms. The van der Waals surface area contributed by atoms with Crippen LogP contribution in [0, 0.1) is 0 Å². The van der Waals surface area contributed by atoms with E-state index in [1.807, 2.05) is 0 Å². The van der Waals surface area contributed by atoms with Gasteiger partial charge in [-0.2, -0.15) is 0 Å². The van der Waals surface area contributed by atoms with Crippen molar-refractivity contribution in [2.45, 2.75) is 37.0 Å². The van der Waals surface area contributed by atoms with Crippen LogP contribution in [0.25, 0.3) is 0 Å². The van der Waals surface area contributed by atoms with Gasteiger partial charge >= 0.3 is 5.97 Å². The van der Waals surface area contributed by atoms with Crippen LogP contribution in [-0.2, 0) is 14.6 Å². The van der Waals surface area contributed by atoms with Crippen LogP contribution in [0.4, 0.5) is 0 Å². The van der Waals surface area contributed by atoms with E-state index < -0.39 is 27.0 Å². The highest BCUT2D eigenvalue weighted by atomic mass is 79.9. The summed E-state index contributed by atoms with van der Waals surface area (Å²) in [4.78, 5) is 22.6. The number of amides is 1. The number of sulfone groups is 1. The minimum atomic E-state index is -3.99. The molecule has 1 atom stereocenters. The zero-order chi connectivity index (χ0) is 16.4. The van der Waals surface area contributed by atoms with E-state index in [9.17, 15) is 18.0 Å². The van der Waals surface area contributed by atoms with Gasteiger partial charge in [0.05, 0.1) is 10.5 Å². The Kier molecular flexibility index (Phi) is 5.52. The van der Waals surface area contributed by atoms with Crippen LogP contribution in [-0.4, -0.2) is 36.7 Å². The molecule has 0 aliphatic rings. The van der Waals surface area contributed by atoms with E-state index in [4.69, 9.17) is 5.11 Å². The third-order valence-corrected chi connectivity index (χ3v) is 5.80. The molecule has 1 aromatic rings. The van der Waals surface area contributed by atoms with E-state index in [1.165, 1.54) is 19.1 Å². The summed E-state index contributed by atoms with van der Waals surface area (Å²) >= 11 is 3.08. The maximum Gasteiger partial charge on any atom is 0.335 e. The fraction of sp³-hybridized carbons (Fsp3) is 0.385. The first-order chi connectivity index (χ1) is 9.57. The van der Waals surface area contributed by atoms with Crippen LogP contribution >= 0.6 is 15.9 Å². The number of hydrogen-bond acceptors (Lipinski definition) is 4. The Balaban J connectivity index is 3.27. The molecule has 1 amide bonds. The summed E-state index contributed by atoms with van der Waals surface area (Å²) < 4.78 is 25.2. The second-order valence-corrected chi connectivity index (χ2v) is 7.89. The number of carbonyl (C=O) groups is 2. The Morgan fingerprint density at radius 1 is 1.24 bits per heavy atom. The molecular formula is C13H16BrNO5S. The molecule has 0 heterocycles. The van der Waals surface area contributed by atoms with Gasteiger partial charge in [-0.25, -0.2) is 13.2 Å². The zero-order valence-electron chi connectivity index (χ0n) is 11.8. The summed E-state index contributed by atoms with van der Waals surface area (Å²) in [6.07, 6.45) is 0. The molecule has 0 saturated heterocycles. The van der Waals surface area contributed by atoms with Gasteiger partial charge in [0.15, 0.2) is 9.84 Å². The van der Waals surface area contributed by atoms with E-state index in [-0.39, 0.29) is 21.0 Å². The minimum Gasteiger partial charge on any atom is -0.478 e. The fourth-order valence-electron chi connectivity index (χ4n) is 1.59. The highest BCUT2D eigenvalue weighted by Crippen LogP contribution is 2.27. The molecule has 2 N–H and O–H groups in total. The highest BCUT2D eigenvalue weighted by molar-refractivity contribution is 9.10. The SMILES string of the molecule is CC(C)NC(=O)C(C)S(=O)(=O)c1cc(C(=O)O)ccc1Br. The Morgan fingerprint density at radius 2 is 1.81 bits per heavy atom. The largest absolute Gasteiger partial charge is 0.478 e. The van der Waals surface area contributed by atoms with E-state index >= 15 is 0 Å². The monoisotopic (exact) mass is 377 g/mol. The van der Waals surface area contributed by atoms with Gasteiger partial charge in [-0.15, -0.1) is 0 Å². The number of carbonyl (C=O) groups excluding carboxylic acids is 1. The van der Waals surface area contributed by atoms with Crippen LogP contribution in [0.1, 0.15) is 31.1 Å². The predicted molar refractivity (Wildman–Crippen MR) is 81.0 cm³/mol. The summed E-state index contributed by atoms with van der Waals surface area (Å²) in [5.41, 5.74) is -0.159. The molecule has 0 fully saturated rings. The summed E-state index contributed by atoms with van der Waals surface area (Å²) in [5.74, 6) is -1.86. The van der Waals surface area contributed by atoms with E-state index in [0.29, 0.717) is 0 Å². The van der Waals surface area contributed by atoms with Crippen LogP contribution < -0.4 is 5.32 Å². The van der Waals surface area contributed by atoms with E-state index in [1.54, 1.807) is 13.8 Å². The van der Waals surface area contributed by atoms with Crippen molar-refractivity contribution in [3.05, 3.63) is 28.2 Å². The van der Waals surface area contributed by atoms with Crippen molar-refractivity contribution in [1.82, 2.24) is 5.32 Å². The quantitative estimate of drug-likeness (QED) is 0.814. The molecule has 0 aliphatic carbocycles. The third-order valence-electron chi connectivity index (χ3n) is 2.75. The molecule has 1 unspecified atom stereocenters. The first kappa shape index (κ1) is 17.6. The van der Waals surface area contributed by atoms with Crippen LogP contribution in [0.15, 0.2) is 27.6 Å². The lowest BCUT2D eigenvalue weighted by Crippen LogP contribution is -2.41. The topological polar surface area (TPSA) is 101 Å². The molecular weight excluding hydrogens is 362 g/mol. The molecule has 0 bridgehead atoms. The molecule has 0 spiro atoms. The molecule has 1 rings (SSSR count). The maximum atomic E-state index is 12.5. The lowest BCUT2D eigenvalue weighted by Gasteiger charge is -2.16. The number of rotatable bonds is 5. The van der Waals surface area contributed by atoms with Crippen LogP contribution in [0.2, 0.25) is 0 Å². The number of benzene rings is 1. The first-order valence-corrected chi connectivity index (χ1v) is 8.48. The second kappa shape index (κ2) is 6.57. The molecule has 116 valence electrons. The van der Waals surface area contributed by atoms with Crippen LogP contribution in [0.5, 0.6) is 0 Å². The molecule has 0 saturated carbocycles. The lowest BCUT2D eigenvalue weighted by molar-refractivity contribution is -0.120. The molecule has 1 aromatic carbocycles. The Labute approximate surface area is 131 Å². The summed E-state index contributed by atoms with van der Waals surface area (Å²) in [6.45, 7) is 4.71. The number of nitrogens with one attached hydrogen (secondary N) is 1. The summed E-state index contributed by atoms with van der Waals surface area (Å²) in [7, 11) is -3.99.